The number of aryl methyl sites for hydroxylation is 3. The molecule has 11 nitrogen and oxygen atoms in total. The van der Waals surface area contributed by atoms with Crippen LogP contribution in [0.2, 0.25) is 0 Å². The zero-order valence-electron chi connectivity index (χ0n) is 32.4. The zero-order valence-corrected chi connectivity index (χ0v) is 32.4. The molecule has 282 valence electrons. The van der Waals surface area contributed by atoms with Gasteiger partial charge in [0.25, 0.3) is 5.91 Å². The lowest BCUT2D eigenvalue weighted by atomic mass is 10.0. The van der Waals surface area contributed by atoms with E-state index in [2.05, 4.69) is 78.7 Å². The number of hydrogen-bond acceptors (Lipinski definition) is 9. The maximum Gasteiger partial charge on any atom is 0.276 e. The number of anilines is 4. The summed E-state index contributed by atoms with van der Waals surface area (Å²) in [6.07, 6.45) is 8.12. The molecule has 54 heavy (non-hydrogen) atoms. The third kappa shape index (κ3) is 7.64. The van der Waals surface area contributed by atoms with Crippen LogP contribution in [-0.2, 0) is 32.2 Å². The number of nitrogens with one attached hydrogen (secondary N) is 2. The molecule has 0 atom stereocenters. The number of carbonyl (C=O) groups is 1. The summed E-state index contributed by atoms with van der Waals surface area (Å²) in [4.78, 5) is 29.0. The van der Waals surface area contributed by atoms with Crippen molar-refractivity contribution in [1.29, 1.82) is 0 Å². The molecule has 3 aromatic carbocycles. The third-order valence-corrected chi connectivity index (χ3v) is 10.9. The van der Waals surface area contributed by atoms with Crippen LogP contribution in [0.1, 0.15) is 71.4 Å². The molecule has 0 spiro atoms. The van der Waals surface area contributed by atoms with E-state index in [9.17, 15) is 4.79 Å². The van der Waals surface area contributed by atoms with Crippen molar-refractivity contribution in [2.75, 3.05) is 56.9 Å². The topological polar surface area (TPSA) is 110 Å². The average molecular weight is 729 g/mol. The van der Waals surface area contributed by atoms with Gasteiger partial charge in [-0.3, -0.25) is 9.48 Å². The standard InChI is InChI=1S/C43H52N8O3/c1-7-29-11-9-12-30(8-2)38(29)46-42(52)40-35-14-10-13-31-26-44-43(47-39(31)41(35)51(48-40)27-28-15-18-34(53-5)19-16-28)45-36-20-17-33(25-37(36)54-6)50-23-21-32(22-24-50)49(3)4/h9,11-12,15-20,25-26,32H,7-8,10,13-14,21-24,27H2,1-6H3,(H,46,52)(H,44,45,47). The SMILES string of the molecule is CCc1cccc(CC)c1NC(=O)c1nn(Cc2ccc(OC)cc2)c2c1CCCc1cnc(Nc3ccc(N4CCC(N(C)C)CC4)cc3OC)nc1-2. The lowest BCUT2D eigenvalue weighted by Crippen LogP contribution is -2.41. The maximum atomic E-state index is 14.3. The number of piperidine rings is 1. The van der Waals surface area contributed by atoms with Gasteiger partial charge in [-0.2, -0.15) is 5.10 Å². The first kappa shape index (κ1) is 36.9. The number of aromatic nitrogens is 4. The van der Waals surface area contributed by atoms with Gasteiger partial charge in [-0.1, -0.05) is 44.2 Å². The highest BCUT2D eigenvalue weighted by molar-refractivity contribution is 6.05. The number of rotatable bonds is 12. The molecule has 1 fully saturated rings. The van der Waals surface area contributed by atoms with Gasteiger partial charge in [-0.05, 0) is 106 Å². The molecule has 1 amide bonds. The van der Waals surface area contributed by atoms with Gasteiger partial charge < -0.3 is 29.9 Å². The molecule has 7 rings (SSSR count). The number of amides is 1. The highest BCUT2D eigenvalue weighted by atomic mass is 16.5. The van der Waals surface area contributed by atoms with E-state index < -0.39 is 0 Å². The summed E-state index contributed by atoms with van der Waals surface area (Å²) >= 11 is 0. The first-order valence-electron chi connectivity index (χ1n) is 19.2. The van der Waals surface area contributed by atoms with Crippen LogP contribution in [0.4, 0.5) is 23.0 Å². The number of fused-ring (bicyclic) bond motifs is 3. The van der Waals surface area contributed by atoms with E-state index >= 15 is 0 Å². The van der Waals surface area contributed by atoms with Gasteiger partial charge in [0.2, 0.25) is 5.95 Å². The summed E-state index contributed by atoms with van der Waals surface area (Å²) < 4.78 is 13.2. The Labute approximate surface area is 318 Å². The van der Waals surface area contributed by atoms with Gasteiger partial charge in [0.15, 0.2) is 5.69 Å². The number of para-hydroxylation sites is 1. The molecule has 0 unspecified atom stereocenters. The molecule has 0 saturated carbocycles. The predicted molar refractivity (Wildman–Crippen MR) is 216 cm³/mol. The Kier molecular flexibility index (Phi) is 11.1. The van der Waals surface area contributed by atoms with E-state index in [1.165, 1.54) is 0 Å². The molecule has 2 aromatic heterocycles. The Morgan fingerprint density at radius 3 is 2.35 bits per heavy atom. The fraction of sp³-hybridized carbons (Fsp3) is 0.395. The second-order valence-electron chi connectivity index (χ2n) is 14.4. The Morgan fingerprint density at radius 1 is 0.944 bits per heavy atom. The van der Waals surface area contributed by atoms with Crippen molar-refractivity contribution >= 4 is 28.9 Å². The first-order chi connectivity index (χ1) is 26.3. The van der Waals surface area contributed by atoms with Gasteiger partial charge in [-0.25, -0.2) is 9.97 Å². The normalized spacial score (nSPS) is 14.3. The number of hydrogen-bond donors (Lipinski definition) is 2. The number of benzene rings is 3. The lowest BCUT2D eigenvalue weighted by Gasteiger charge is -2.36. The van der Waals surface area contributed by atoms with Crippen molar-refractivity contribution in [2.24, 2.45) is 0 Å². The van der Waals surface area contributed by atoms with Gasteiger partial charge in [-0.15, -0.1) is 0 Å². The second-order valence-corrected chi connectivity index (χ2v) is 14.4. The molecule has 1 saturated heterocycles. The van der Waals surface area contributed by atoms with Crippen molar-refractivity contribution in [3.05, 3.63) is 100 Å². The van der Waals surface area contributed by atoms with E-state index in [0.29, 0.717) is 30.6 Å². The lowest BCUT2D eigenvalue weighted by molar-refractivity contribution is 0.102. The monoisotopic (exact) mass is 728 g/mol. The van der Waals surface area contributed by atoms with Crippen molar-refractivity contribution in [3.63, 3.8) is 0 Å². The minimum absolute atomic E-state index is 0.207. The van der Waals surface area contributed by atoms with Crippen molar-refractivity contribution in [1.82, 2.24) is 24.6 Å². The molecule has 5 aromatic rings. The Hall–Kier alpha value is -5.42. The number of methoxy groups -OCH3 is 2. The summed E-state index contributed by atoms with van der Waals surface area (Å²) in [6, 6.07) is 21.1. The van der Waals surface area contributed by atoms with Gasteiger partial charge in [0.1, 0.15) is 11.5 Å². The van der Waals surface area contributed by atoms with Crippen molar-refractivity contribution in [2.45, 2.75) is 71.4 Å². The fourth-order valence-corrected chi connectivity index (χ4v) is 7.83. The Morgan fingerprint density at radius 2 is 1.69 bits per heavy atom. The Bertz CT molecular complexity index is 2080. The minimum atomic E-state index is -0.207. The molecule has 1 aliphatic heterocycles. The summed E-state index contributed by atoms with van der Waals surface area (Å²) in [6.45, 7) is 6.69. The van der Waals surface area contributed by atoms with Crippen LogP contribution in [-0.4, -0.2) is 78.0 Å². The molecule has 3 heterocycles. The number of ether oxygens (including phenoxy) is 2. The van der Waals surface area contributed by atoms with Gasteiger partial charge in [0, 0.05) is 48.3 Å². The molecule has 11 heteroatoms. The van der Waals surface area contributed by atoms with E-state index in [0.717, 1.165) is 119 Å². The summed E-state index contributed by atoms with van der Waals surface area (Å²) in [5, 5.41) is 11.8. The molecular weight excluding hydrogens is 677 g/mol. The first-order valence-corrected chi connectivity index (χ1v) is 19.2. The van der Waals surface area contributed by atoms with E-state index in [1.807, 2.05) is 41.2 Å². The number of carbonyl (C=O) groups excluding carboxylic acids is 1. The van der Waals surface area contributed by atoms with E-state index in [1.54, 1.807) is 14.2 Å². The van der Waals surface area contributed by atoms with Crippen LogP contribution in [0, 0.1) is 0 Å². The molecule has 0 radical (unpaired) electrons. The Balaban J connectivity index is 1.24. The summed E-state index contributed by atoms with van der Waals surface area (Å²) in [5.41, 5.74) is 10.0. The van der Waals surface area contributed by atoms with E-state index in [-0.39, 0.29) is 5.91 Å². The molecule has 2 N–H and O–H groups in total. The summed E-state index contributed by atoms with van der Waals surface area (Å²) in [5.74, 6) is 1.75. The van der Waals surface area contributed by atoms with Crippen LogP contribution < -0.4 is 25.0 Å². The van der Waals surface area contributed by atoms with Crippen LogP contribution in [0.5, 0.6) is 11.5 Å². The second kappa shape index (κ2) is 16.3. The van der Waals surface area contributed by atoms with Crippen LogP contribution in [0.15, 0.2) is 66.9 Å². The van der Waals surface area contributed by atoms with Crippen LogP contribution in [0.3, 0.4) is 0 Å². The van der Waals surface area contributed by atoms with Crippen LogP contribution >= 0.6 is 0 Å². The molecule has 0 bridgehead atoms. The molecule has 2 aliphatic rings. The number of nitrogens with zero attached hydrogens (tertiary/aromatic N) is 6. The largest absolute Gasteiger partial charge is 0.497 e. The predicted octanol–water partition coefficient (Wildman–Crippen LogP) is 7.55. The van der Waals surface area contributed by atoms with Crippen molar-refractivity contribution in [3.8, 4) is 22.9 Å². The fourth-order valence-electron chi connectivity index (χ4n) is 7.83. The average Bonchev–Trinajstić information content (AvgIpc) is 3.44. The highest BCUT2D eigenvalue weighted by Gasteiger charge is 2.30. The van der Waals surface area contributed by atoms with E-state index in [4.69, 9.17) is 24.5 Å². The zero-order chi connectivity index (χ0) is 37.8. The van der Waals surface area contributed by atoms with Gasteiger partial charge in [0.05, 0.1) is 37.8 Å². The smallest absolute Gasteiger partial charge is 0.276 e. The van der Waals surface area contributed by atoms with Gasteiger partial charge >= 0.3 is 0 Å². The maximum absolute atomic E-state index is 14.3. The van der Waals surface area contributed by atoms with Crippen molar-refractivity contribution < 1.29 is 14.3 Å². The minimum Gasteiger partial charge on any atom is -0.497 e. The quantitative estimate of drug-likeness (QED) is 0.135. The summed E-state index contributed by atoms with van der Waals surface area (Å²) in [7, 11) is 7.68. The third-order valence-electron chi connectivity index (χ3n) is 10.9. The molecular formula is C43H52N8O3. The molecule has 1 aliphatic carbocycles. The van der Waals surface area contributed by atoms with Crippen LogP contribution in [0.25, 0.3) is 11.4 Å². The highest BCUT2D eigenvalue weighted by Crippen LogP contribution is 2.37.